The minimum Gasteiger partial charge on any atom is -0.497 e. The van der Waals surface area contributed by atoms with Crippen molar-refractivity contribution in [1.82, 2.24) is 20.2 Å². The van der Waals surface area contributed by atoms with E-state index in [0.29, 0.717) is 12.1 Å². The first-order valence-electron chi connectivity index (χ1n) is 7.47. The van der Waals surface area contributed by atoms with Gasteiger partial charge in [0.15, 0.2) is 0 Å². The lowest BCUT2D eigenvalue weighted by Crippen LogP contribution is -2.28. The number of anilines is 1. The van der Waals surface area contributed by atoms with Crippen LogP contribution in [-0.2, 0) is 11.2 Å². The van der Waals surface area contributed by atoms with E-state index in [9.17, 15) is 4.79 Å². The first-order valence-corrected chi connectivity index (χ1v) is 7.47. The predicted molar refractivity (Wildman–Crippen MR) is 88.6 cm³/mol. The number of hydrogen-bond donors (Lipinski definition) is 1. The van der Waals surface area contributed by atoms with Gasteiger partial charge in [0.1, 0.15) is 18.1 Å². The molecule has 0 spiro atoms. The first kappa shape index (κ1) is 15.7. The fraction of sp³-hybridized carbons (Fsp3) is 0.176. The van der Waals surface area contributed by atoms with Crippen molar-refractivity contribution >= 4 is 11.6 Å². The molecule has 0 saturated heterocycles. The lowest BCUT2D eigenvalue weighted by Gasteiger charge is -2.16. The Labute approximate surface area is 139 Å². The average Bonchev–Trinajstić information content (AvgIpc) is 3.15. The predicted octanol–water partition coefficient (Wildman–Crippen LogP) is 2.10. The number of hydrogen-bond acceptors (Lipinski definition) is 5. The van der Waals surface area contributed by atoms with E-state index in [-0.39, 0.29) is 5.91 Å². The molecule has 3 aromatic rings. The summed E-state index contributed by atoms with van der Waals surface area (Å²) in [5.41, 5.74) is 1.72. The molecule has 122 valence electrons. The molecular weight excluding hydrogens is 306 g/mol. The maximum atomic E-state index is 12.7. The van der Waals surface area contributed by atoms with E-state index in [0.717, 1.165) is 11.3 Å². The third kappa shape index (κ3) is 3.75. The minimum atomic E-state index is -0.537. The molecule has 1 amide bonds. The van der Waals surface area contributed by atoms with Crippen LogP contribution in [0.3, 0.4) is 0 Å². The number of aromatic nitrogens is 4. The third-order valence-corrected chi connectivity index (χ3v) is 3.62. The van der Waals surface area contributed by atoms with E-state index in [1.165, 1.54) is 11.0 Å². The van der Waals surface area contributed by atoms with Gasteiger partial charge in [0.05, 0.1) is 7.11 Å². The van der Waals surface area contributed by atoms with Crippen LogP contribution in [0.1, 0.15) is 11.6 Å². The molecule has 0 saturated carbocycles. The summed E-state index contributed by atoms with van der Waals surface area (Å²) in [5, 5.41) is 14.0. The summed E-state index contributed by atoms with van der Waals surface area (Å²) in [6.07, 6.45) is 1.94. The Morgan fingerprint density at radius 2 is 1.92 bits per heavy atom. The molecule has 0 aliphatic carbocycles. The van der Waals surface area contributed by atoms with Crippen LogP contribution in [0, 0.1) is 0 Å². The molecule has 0 aliphatic rings. The molecule has 2 aromatic carbocycles. The van der Waals surface area contributed by atoms with Crippen molar-refractivity contribution in [2.75, 3.05) is 12.4 Å². The third-order valence-electron chi connectivity index (χ3n) is 3.62. The van der Waals surface area contributed by atoms with Crippen LogP contribution >= 0.6 is 0 Å². The SMILES string of the molecule is COc1ccc(NC(=O)[C@@H](Cc2ccccc2)n2cnnn2)cc1. The number of rotatable bonds is 6. The van der Waals surface area contributed by atoms with Crippen molar-refractivity contribution in [2.45, 2.75) is 12.5 Å². The van der Waals surface area contributed by atoms with Crippen LogP contribution in [0.15, 0.2) is 60.9 Å². The molecule has 1 aromatic heterocycles. The van der Waals surface area contributed by atoms with Crippen molar-refractivity contribution in [3.05, 3.63) is 66.5 Å². The molecular formula is C17H17N5O2. The van der Waals surface area contributed by atoms with Crippen molar-refractivity contribution in [1.29, 1.82) is 0 Å². The highest BCUT2D eigenvalue weighted by atomic mass is 16.5. The summed E-state index contributed by atoms with van der Waals surface area (Å²) >= 11 is 0. The van der Waals surface area contributed by atoms with Gasteiger partial charge < -0.3 is 10.1 Å². The second kappa shape index (κ2) is 7.36. The summed E-state index contributed by atoms with van der Waals surface area (Å²) in [5.74, 6) is 0.547. The second-order valence-corrected chi connectivity index (χ2v) is 5.21. The van der Waals surface area contributed by atoms with E-state index in [4.69, 9.17) is 4.74 Å². The van der Waals surface area contributed by atoms with Crippen molar-refractivity contribution < 1.29 is 9.53 Å². The lowest BCUT2D eigenvalue weighted by molar-refractivity contribution is -0.119. The van der Waals surface area contributed by atoms with Crippen LogP contribution in [0.5, 0.6) is 5.75 Å². The highest BCUT2D eigenvalue weighted by Gasteiger charge is 2.22. The molecule has 0 bridgehead atoms. The number of benzene rings is 2. The molecule has 7 nitrogen and oxygen atoms in total. The van der Waals surface area contributed by atoms with Gasteiger partial charge in [-0.2, -0.15) is 0 Å². The lowest BCUT2D eigenvalue weighted by atomic mass is 10.1. The van der Waals surface area contributed by atoms with Crippen LogP contribution in [0.4, 0.5) is 5.69 Å². The topological polar surface area (TPSA) is 81.9 Å². The molecule has 0 fully saturated rings. The number of carbonyl (C=O) groups is 1. The molecule has 0 unspecified atom stereocenters. The van der Waals surface area contributed by atoms with Gasteiger partial charge >= 0.3 is 0 Å². The number of tetrazole rings is 1. The summed E-state index contributed by atoms with van der Waals surface area (Å²) in [4.78, 5) is 12.7. The zero-order valence-electron chi connectivity index (χ0n) is 13.2. The molecule has 7 heteroatoms. The zero-order chi connectivity index (χ0) is 16.8. The smallest absolute Gasteiger partial charge is 0.249 e. The fourth-order valence-corrected chi connectivity index (χ4v) is 2.35. The van der Waals surface area contributed by atoms with Gasteiger partial charge in [-0.05, 0) is 40.3 Å². The number of nitrogens with one attached hydrogen (secondary N) is 1. The Hall–Kier alpha value is -3.22. The van der Waals surface area contributed by atoms with Crippen molar-refractivity contribution in [2.24, 2.45) is 0 Å². The van der Waals surface area contributed by atoms with Crippen LogP contribution in [-0.4, -0.2) is 33.2 Å². The largest absolute Gasteiger partial charge is 0.497 e. The average molecular weight is 323 g/mol. The number of carbonyl (C=O) groups excluding carboxylic acids is 1. The van der Waals surface area contributed by atoms with Gasteiger partial charge in [-0.25, -0.2) is 4.68 Å². The van der Waals surface area contributed by atoms with Gasteiger partial charge in [0, 0.05) is 12.1 Å². The van der Waals surface area contributed by atoms with Crippen molar-refractivity contribution in [3.8, 4) is 5.75 Å². The number of nitrogens with zero attached hydrogens (tertiary/aromatic N) is 4. The van der Waals surface area contributed by atoms with E-state index in [2.05, 4.69) is 20.8 Å². The Balaban J connectivity index is 1.78. The standard InChI is InChI=1S/C17H17N5O2/c1-24-15-9-7-14(8-10-15)19-17(23)16(22-12-18-20-21-22)11-13-5-3-2-4-6-13/h2-10,12,16H,11H2,1H3,(H,19,23)/t16-/m1/s1. The Bertz CT molecular complexity index is 773. The molecule has 1 heterocycles. The number of amides is 1. The Kier molecular flexibility index (Phi) is 4.81. The van der Waals surface area contributed by atoms with Crippen molar-refractivity contribution in [3.63, 3.8) is 0 Å². The molecule has 1 N–H and O–H groups in total. The van der Waals surface area contributed by atoms with Gasteiger partial charge in [-0.15, -0.1) is 5.10 Å². The molecule has 0 radical (unpaired) electrons. The summed E-state index contributed by atoms with van der Waals surface area (Å²) < 4.78 is 6.58. The zero-order valence-corrected chi connectivity index (χ0v) is 13.2. The Morgan fingerprint density at radius 3 is 2.54 bits per heavy atom. The fourth-order valence-electron chi connectivity index (χ4n) is 2.35. The van der Waals surface area contributed by atoms with Gasteiger partial charge in [-0.1, -0.05) is 30.3 Å². The summed E-state index contributed by atoms with van der Waals surface area (Å²) in [7, 11) is 1.60. The van der Waals surface area contributed by atoms with E-state index < -0.39 is 6.04 Å². The van der Waals surface area contributed by atoms with Gasteiger partial charge in [-0.3, -0.25) is 4.79 Å². The van der Waals surface area contributed by atoms with Gasteiger partial charge in [0.2, 0.25) is 5.91 Å². The van der Waals surface area contributed by atoms with E-state index >= 15 is 0 Å². The summed E-state index contributed by atoms with van der Waals surface area (Å²) in [6.45, 7) is 0. The molecule has 0 aliphatic heterocycles. The summed E-state index contributed by atoms with van der Waals surface area (Å²) in [6, 6.07) is 16.4. The van der Waals surface area contributed by atoms with Gasteiger partial charge in [0.25, 0.3) is 0 Å². The molecule has 24 heavy (non-hydrogen) atoms. The second-order valence-electron chi connectivity index (χ2n) is 5.21. The quantitative estimate of drug-likeness (QED) is 0.751. The maximum Gasteiger partial charge on any atom is 0.249 e. The van der Waals surface area contributed by atoms with E-state index in [1.54, 1.807) is 31.4 Å². The molecule has 1 atom stereocenters. The minimum absolute atomic E-state index is 0.184. The molecule has 3 rings (SSSR count). The van der Waals surface area contributed by atoms with Crippen LogP contribution in [0.2, 0.25) is 0 Å². The number of methoxy groups -OCH3 is 1. The Morgan fingerprint density at radius 1 is 1.17 bits per heavy atom. The van der Waals surface area contributed by atoms with Crippen LogP contribution < -0.4 is 10.1 Å². The normalized spacial score (nSPS) is 11.7. The number of ether oxygens (including phenoxy) is 1. The monoisotopic (exact) mass is 323 g/mol. The first-order chi connectivity index (χ1) is 11.8. The van der Waals surface area contributed by atoms with Crippen LogP contribution in [0.25, 0.3) is 0 Å². The highest BCUT2D eigenvalue weighted by molar-refractivity contribution is 5.93. The maximum absolute atomic E-state index is 12.7. The van der Waals surface area contributed by atoms with E-state index in [1.807, 2.05) is 30.3 Å². The highest BCUT2D eigenvalue weighted by Crippen LogP contribution is 2.19.